The van der Waals surface area contributed by atoms with Gasteiger partial charge in [-0.15, -0.1) is 0 Å². The van der Waals surface area contributed by atoms with Crippen LogP contribution in [-0.2, 0) is 12.0 Å². The summed E-state index contributed by atoms with van der Waals surface area (Å²) in [5.41, 5.74) is 6.51. The lowest BCUT2D eigenvalue weighted by molar-refractivity contribution is 0.0236. The molecule has 1 heterocycles. The molecular formula is C8H12BrN3O. The number of H-pyrrole nitrogens is 1. The Kier molecular flexibility index (Phi) is 2.17. The molecule has 0 saturated carbocycles. The Morgan fingerprint density at radius 2 is 2.46 bits per heavy atom. The van der Waals surface area contributed by atoms with Gasteiger partial charge in [0, 0.05) is 12.1 Å². The van der Waals surface area contributed by atoms with E-state index in [0.717, 1.165) is 28.7 Å². The Balaban J connectivity index is 2.49. The van der Waals surface area contributed by atoms with Crippen LogP contribution in [0.3, 0.4) is 0 Å². The molecule has 0 radical (unpaired) electrons. The Morgan fingerprint density at radius 3 is 3.15 bits per heavy atom. The molecule has 1 aliphatic rings. The Bertz CT molecular complexity index is 325. The van der Waals surface area contributed by atoms with Crippen LogP contribution in [0.1, 0.15) is 24.1 Å². The van der Waals surface area contributed by atoms with E-state index in [0.29, 0.717) is 6.42 Å². The maximum Gasteiger partial charge on any atom is 0.131 e. The average molecular weight is 246 g/mol. The van der Waals surface area contributed by atoms with Gasteiger partial charge >= 0.3 is 0 Å². The maximum atomic E-state index is 10.1. The number of aliphatic hydroxyl groups is 1. The number of nitrogens with zero attached hydrogens (tertiary/aromatic N) is 1. The first-order chi connectivity index (χ1) is 6.17. The van der Waals surface area contributed by atoms with Gasteiger partial charge in [-0.2, -0.15) is 5.10 Å². The normalized spacial score (nSPS) is 27.3. The zero-order valence-electron chi connectivity index (χ0n) is 7.18. The molecule has 1 aromatic heterocycles. The molecule has 5 heteroatoms. The number of aromatic amines is 1. The van der Waals surface area contributed by atoms with E-state index >= 15 is 0 Å². The highest BCUT2D eigenvalue weighted by Crippen LogP contribution is 2.35. The maximum absolute atomic E-state index is 10.1. The van der Waals surface area contributed by atoms with Crippen LogP contribution >= 0.6 is 15.9 Å². The summed E-state index contributed by atoms with van der Waals surface area (Å²) in [6.07, 6.45) is 2.62. The van der Waals surface area contributed by atoms with Crippen molar-refractivity contribution in [3.05, 3.63) is 15.9 Å². The van der Waals surface area contributed by atoms with Crippen LogP contribution in [0, 0.1) is 0 Å². The summed E-state index contributed by atoms with van der Waals surface area (Å²) in [6.45, 7) is 0.245. The minimum absolute atomic E-state index is 0.245. The lowest BCUT2D eigenvalue weighted by Crippen LogP contribution is -2.38. The fraction of sp³-hybridized carbons (Fsp3) is 0.625. The van der Waals surface area contributed by atoms with Crippen LogP contribution in [0.2, 0.25) is 0 Å². The van der Waals surface area contributed by atoms with Crippen molar-refractivity contribution in [3.8, 4) is 0 Å². The standard InChI is InChI=1S/C8H12BrN3O/c9-7-5-2-1-3-8(13,4-10)6(5)11-12-7/h13H,1-4,10H2,(H,11,12). The zero-order valence-corrected chi connectivity index (χ0v) is 8.76. The van der Waals surface area contributed by atoms with Crippen molar-refractivity contribution in [1.82, 2.24) is 10.2 Å². The molecule has 2 rings (SSSR count). The third-order valence-electron chi connectivity index (χ3n) is 2.64. The topological polar surface area (TPSA) is 74.9 Å². The monoisotopic (exact) mass is 245 g/mol. The van der Waals surface area contributed by atoms with Crippen molar-refractivity contribution < 1.29 is 5.11 Å². The summed E-state index contributed by atoms with van der Waals surface area (Å²) in [5, 5.41) is 17.0. The largest absolute Gasteiger partial charge is 0.382 e. The minimum atomic E-state index is -0.896. The molecule has 13 heavy (non-hydrogen) atoms. The summed E-state index contributed by atoms with van der Waals surface area (Å²) in [6, 6.07) is 0. The van der Waals surface area contributed by atoms with Gasteiger partial charge in [0.15, 0.2) is 0 Å². The number of fused-ring (bicyclic) bond motifs is 1. The number of aromatic nitrogens is 2. The van der Waals surface area contributed by atoms with Gasteiger partial charge in [-0.1, -0.05) is 0 Å². The lowest BCUT2D eigenvalue weighted by atomic mass is 9.84. The Hall–Kier alpha value is -0.390. The van der Waals surface area contributed by atoms with Gasteiger partial charge in [-0.05, 0) is 35.2 Å². The van der Waals surface area contributed by atoms with Crippen molar-refractivity contribution >= 4 is 15.9 Å². The second-order valence-corrected chi connectivity index (χ2v) is 4.21. The third kappa shape index (κ3) is 1.31. The molecule has 1 unspecified atom stereocenters. The van der Waals surface area contributed by atoms with Crippen LogP contribution in [0.15, 0.2) is 4.60 Å². The smallest absolute Gasteiger partial charge is 0.131 e. The summed E-state index contributed by atoms with van der Waals surface area (Å²) in [5.74, 6) is 0. The first-order valence-corrected chi connectivity index (χ1v) is 5.12. The van der Waals surface area contributed by atoms with Crippen molar-refractivity contribution in [2.75, 3.05) is 6.54 Å². The number of hydrogen-bond acceptors (Lipinski definition) is 3. The third-order valence-corrected chi connectivity index (χ3v) is 3.29. The van der Waals surface area contributed by atoms with E-state index in [4.69, 9.17) is 5.73 Å². The van der Waals surface area contributed by atoms with E-state index in [1.165, 1.54) is 0 Å². The number of rotatable bonds is 1. The molecule has 0 aromatic carbocycles. The van der Waals surface area contributed by atoms with Crippen LogP contribution in [-0.4, -0.2) is 21.8 Å². The van der Waals surface area contributed by atoms with E-state index < -0.39 is 5.60 Å². The van der Waals surface area contributed by atoms with Crippen molar-refractivity contribution in [3.63, 3.8) is 0 Å². The highest BCUT2D eigenvalue weighted by Gasteiger charge is 2.36. The second kappa shape index (κ2) is 3.08. The molecule has 0 spiro atoms. The summed E-state index contributed by atoms with van der Waals surface area (Å²) in [4.78, 5) is 0. The molecule has 4 nitrogen and oxygen atoms in total. The zero-order chi connectivity index (χ0) is 9.47. The number of halogens is 1. The van der Waals surface area contributed by atoms with Gasteiger partial charge in [0.05, 0.1) is 5.69 Å². The highest BCUT2D eigenvalue weighted by molar-refractivity contribution is 9.10. The minimum Gasteiger partial charge on any atom is -0.382 e. The molecule has 1 aliphatic carbocycles. The van der Waals surface area contributed by atoms with E-state index in [-0.39, 0.29) is 6.54 Å². The van der Waals surface area contributed by atoms with Gasteiger partial charge in [0.1, 0.15) is 10.2 Å². The van der Waals surface area contributed by atoms with Crippen molar-refractivity contribution in [1.29, 1.82) is 0 Å². The van der Waals surface area contributed by atoms with E-state index in [9.17, 15) is 5.11 Å². The fourth-order valence-electron chi connectivity index (χ4n) is 1.84. The first kappa shape index (κ1) is 9.18. The van der Waals surface area contributed by atoms with Gasteiger partial charge in [0.25, 0.3) is 0 Å². The first-order valence-electron chi connectivity index (χ1n) is 4.33. The van der Waals surface area contributed by atoms with Crippen LogP contribution in [0.5, 0.6) is 0 Å². The molecule has 0 fully saturated rings. The van der Waals surface area contributed by atoms with Gasteiger partial charge in [-0.3, -0.25) is 5.10 Å². The number of hydrogen-bond donors (Lipinski definition) is 3. The van der Waals surface area contributed by atoms with E-state index in [1.807, 2.05) is 0 Å². The average Bonchev–Trinajstić information content (AvgIpc) is 2.50. The number of nitrogens with two attached hydrogens (primary N) is 1. The highest BCUT2D eigenvalue weighted by atomic mass is 79.9. The summed E-state index contributed by atoms with van der Waals surface area (Å²) < 4.78 is 0.800. The number of nitrogens with one attached hydrogen (secondary N) is 1. The van der Waals surface area contributed by atoms with Crippen LogP contribution in [0.25, 0.3) is 0 Å². The summed E-state index contributed by atoms with van der Waals surface area (Å²) in [7, 11) is 0. The van der Waals surface area contributed by atoms with E-state index in [1.54, 1.807) is 0 Å². The second-order valence-electron chi connectivity index (χ2n) is 3.46. The molecule has 0 bridgehead atoms. The predicted octanol–water partition coefficient (Wildman–Crippen LogP) is 0.655. The van der Waals surface area contributed by atoms with Gasteiger partial charge < -0.3 is 10.8 Å². The fourth-order valence-corrected chi connectivity index (χ4v) is 2.33. The molecule has 0 saturated heterocycles. The van der Waals surface area contributed by atoms with Crippen LogP contribution in [0.4, 0.5) is 0 Å². The molecule has 72 valence electrons. The molecule has 4 N–H and O–H groups in total. The SMILES string of the molecule is NCC1(O)CCCc2c(Br)n[nH]c21. The summed E-state index contributed by atoms with van der Waals surface area (Å²) >= 11 is 3.34. The lowest BCUT2D eigenvalue weighted by Gasteiger charge is -2.30. The van der Waals surface area contributed by atoms with E-state index in [2.05, 4.69) is 26.1 Å². The predicted molar refractivity (Wildman–Crippen MR) is 52.2 cm³/mol. The molecule has 1 atom stereocenters. The van der Waals surface area contributed by atoms with Crippen molar-refractivity contribution in [2.45, 2.75) is 24.9 Å². The van der Waals surface area contributed by atoms with Gasteiger partial charge in [0.2, 0.25) is 0 Å². The van der Waals surface area contributed by atoms with Gasteiger partial charge in [-0.25, -0.2) is 0 Å². The molecule has 0 aliphatic heterocycles. The van der Waals surface area contributed by atoms with Crippen molar-refractivity contribution in [2.24, 2.45) is 5.73 Å². The Labute approximate surface area is 84.6 Å². The quantitative estimate of drug-likeness (QED) is 0.681. The Morgan fingerprint density at radius 1 is 1.69 bits per heavy atom. The van der Waals surface area contributed by atoms with Crippen LogP contribution < -0.4 is 5.73 Å². The molecule has 0 amide bonds. The molecule has 1 aromatic rings. The molecular weight excluding hydrogens is 234 g/mol.